The molecule has 0 aliphatic heterocycles. The number of hydrogen-bond acceptors (Lipinski definition) is 4. The van der Waals surface area contributed by atoms with Gasteiger partial charge in [0.2, 0.25) is 0 Å². The standard InChI is InChI=1S/C17H18F2N2O3/c1-23-8-6-21(17(22)13-10-14(18)12-20-11-13)7-9-24-16-5-3-2-4-15(16)19/h2-5,10-12H,6-9H2,1H3. The summed E-state index contributed by atoms with van der Waals surface area (Å²) in [5, 5.41) is 0. The maximum absolute atomic E-state index is 13.5. The molecule has 7 heteroatoms. The van der Waals surface area contributed by atoms with Crippen LogP contribution in [0.1, 0.15) is 10.4 Å². The molecule has 0 spiro atoms. The highest BCUT2D eigenvalue weighted by Gasteiger charge is 2.17. The van der Waals surface area contributed by atoms with Gasteiger partial charge in [-0.05, 0) is 18.2 Å². The van der Waals surface area contributed by atoms with Gasteiger partial charge in [-0.1, -0.05) is 12.1 Å². The molecule has 0 aliphatic carbocycles. The lowest BCUT2D eigenvalue weighted by atomic mass is 10.2. The molecule has 0 N–H and O–H groups in total. The van der Waals surface area contributed by atoms with E-state index in [-0.39, 0.29) is 24.5 Å². The highest BCUT2D eigenvalue weighted by atomic mass is 19.1. The van der Waals surface area contributed by atoms with Crippen molar-refractivity contribution in [2.45, 2.75) is 0 Å². The van der Waals surface area contributed by atoms with Gasteiger partial charge in [0.1, 0.15) is 12.4 Å². The number of benzene rings is 1. The third kappa shape index (κ3) is 4.99. The number of carbonyl (C=O) groups excluding carboxylic acids is 1. The predicted molar refractivity (Wildman–Crippen MR) is 83.9 cm³/mol. The molecule has 5 nitrogen and oxygen atoms in total. The fourth-order valence-electron chi connectivity index (χ4n) is 2.06. The minimum Gasteiger partial charge on any atom is -0.489 e. The Morgan fingerprint density at radius 3 is 2.62 bits per heavy atom. The first kappa shape index (κ1) is 17.8. The van der Waals surface area contributed by atoms with Crippen LogP contribution in [-0.2, 0) is 4.74 Å². The first-order chi connectivity index (χ1) is 11.6. The second kappa shape index (κ2) is 8.93. The van der Waals surface area contributed by atoms with Crippen LogP contribution in [0.3, 0.4) is 0 Å². The lowest BCUT2D eigenvalue weighted by molar-refractivity contribution is 0.0663. The average Bonchev–Trinajstić information content (AvgIpc) is 2.59. The van der Waals surface area contributed by atoms with E-state index >= 15 is 0 Å². The summed E-state index contributed by atoms with van der Waals surface area (Å²) in [6, 6.07) is 7.14. The van der Waals surface area contributed by atoms with E-state index in [1.54, 1.807) is 12.1 Å². The van der Waals surface area contributed by atoms with Gasteiger partial charge in [0.25, 0.3) is 5.91 Å². The van der Waals surface area contributed by atoms with Crippen molar-refractivity contribution < 1.29 is 23.0 Å². The Hall–Kier alpha value is -2.54. The summed E-state index contributed by atoms with van der Waals surface area (Å²) in [6.45, 7) is 0.910. The number of pyridine rings is 1. The highest BCUT2D eigenvalue weighted by Crippen LogP contribution is 2.15. The molecule has 128 valence electrons. The van der Waals surface area contributed by atoms with Gasteiger partial charge >= 0.3 is 0 Å². The molecule has 0 saturated heterocycles. The number of rotatable bonds is 8. The van der Waals surface area contributed by atoms with Crippen molar-refractivity contribution in [3.63, 3.8) is 0 Å². The zero-order chi connectivity index (χ0) is 17.4. The summed E-state index contributed by atoms with van der Waals surface area (Å²) >= 11 is 0. The number of ether oxygens (including phenoxy) is 2. The first-order valence-corrected chi connectivity index (χ1v) is 7.38. The van der Waals surface area contributed by atoms with E-state index in [1.165, 1.54) is 30.3 Å². The number of para-hydroxylation sites is 1. The Bertz CT molecular complexity index is 682. The normalized spacial score (nSPS) is 10.5. The van der Waals surface area contributed by atoms with E-state index in [1.807, 2.05) is 0 Å². The molecular formula is C17H18F2N2O3. The minimum absolute atomic E-state index is 0.0964. The second-order valence-corrected chi connectivity index (χ2v) is 4.96. The molecule has 0 saturated carbocycles. The minimum atomic E-state index is -0.588. The summed E-state index contributed by atoms with van der Waals surface area (Å²) in [5.74, 6) is -1.34. The van der Waals surface area contributed by atoms with Gasteiger partial charge < -0.3 is 14.4 Å². The molecule has 2 rings (SSSR count). The Balaban J connectivity index is 2.00. The van der Waals surface area contributed by atoms with Crippen molar-refractivity contribution in [1.82, 2.24) is 9.88 Å². The lowest BCUT2D eigenvalue weighted by Gasteiger charge is -2.22. The van der Waals surface area contributed by atoms with Gasteiger partial charge in [0.15, 0.2) is 11.6 Å². The van der Waals surface area contributed by atoms with Crippen LogP contribution in [-0.4, -0.2) is 49.2 Å². The fraction of sp³-hybridized carbons (Fsp3) is 0.294. The Morgan fingerprint density at radius 1 is 1.17 bits per heavy atom. The number of methoxy groups -OCH3 is 1. The SMILES string of the molecule is COCCN(CCOc1ccccc1F)C(=O)c1cncc(F)c1. The number of nitrogens with zero attached hydrogens (tertiary/aromatic N) is 2. The Morgan fingerprint density at radius 2 is 1.92 bits per heavy atom. The van der Waals surface area contributed by atoms with Gasteiger partial charge in [-0.3, -0.25) is 9.78 Å². The monoisotopic (exact) mass is 336 g/mol. The second-order valence-electron chi connectivity index (χ2n) is 4.96. The van der Waals surface area contributed by atoms with Crippen molar-refractivity contribution in [1.29, 1.82) is 0 Å². The highest BCUT2D eigenvalue weighted by molar-refractivity contribution is 5.93. The first-order valence-electron chi connectivity index (χ1n) is 7.38. The van der Waals surface area contributed by atoms with Gasteiger partial charge in [-0.15, -0.1) is 0 Å². The summed E-state index contributed by atoms with van der Waals surface area (Å²) in [6.07, 6.45) is 2.32. The Kier molecular flexibility index (Phi) is 6.62. The molecule has 0 aliphatic rings. The topological polar surface area (TPSA) is 51.7 Å². The summed E-state index contributed by atoms with van der Waals surface area (Å²) < 4.78 is 37.1. The molecular weight excluding hydrogens is 318 g/mol. The number of amides is 1. The number of carbonyl (C=O) groups is 1. The molecule has 0 radical (unpaired) electrons. The largest absolute Gasteiger partial charge is 0.489 e. The van der Waals surface area contributed by atoms with Crippen LogP contribution in [0.25, 0.3) is 0 Å². The van der Waals surface area contributed by atoms with Crippen molar-refractivity contribution in [2.75, 3.05) is 33.4 Å². The van der Waals surface area contributed by atoms with E-state index in [4.69, 9.17) is 9.47 Å². The molecule has 1 heterocycles. The zero-order valence-electron chi connectivity index (χ0n) is 13.2. The third-order valence-electron chi connectivity index (χ3n) is 3.26. The molecule has 0 unspecified atom stereocenters. The summed E-state index contributed by atoms with van der Waals surface area (Å²) in [4.78, 5) is 17.6. The zero-order valence-corrected chi connectivity index (χ0v) is 13.2. The van der Waals surface area contributed by atoms with E-state index in [0.717, 1.165) is 12.3 Å². The van der Waals surface area contributed by atoms with Crippen molar-refractivity contribution >= 4 is 5.91 Å². The third-order valence-corrected chi connectivity index (χ3v) is 3.26. The van der Waals surface area contributed by atoms with Crippen molar-refractivity contribution in [2.24, 2.45) is 0 Å². The van der Waals surface area contributed by atoms with Crippen LogP contribution >= 0.6 is 0 Å². The van der Waals surface area contributed by atoms with E-state index in [9.17, 15) is 13.6 Å². The van der Waals surface area contributed by atoms with Crippen LogP contribution in [0.2, 0.25) is 0 Å². The number of hydrogen-bond donors (Lipinski definition) is 0. The number of aromatic nitrogens is 1. The van der Waals surface area contributed by atoms with Crippen molar-refractivity contribution in [3.8, 4) is 5.75 Å². The summed E-state index contributed by atoms with van der Waals surface area (Å²) in [5.41, 5.74) is 0.136. The quantitative estimate of drug-likeness (QED) is 0.743. The smallest absolute Gasteiger partial charge is 0.255 e. The summed E-state index contributed by atoms with van der Waals surface area (Å²) in [7, 11) is 1.52. The van der Waals surface area contributed by atoms with Crippen molar-refractivity contribution in [3.05, 3.63) is 59.9 Å². The van der Waals surface area contributed by atoms with Crippen LogP contribution < -0.4 is 4.74 Å². The molecule has 1 aromatic carbocycles. The van der Waals surface area contributed by atoms with Crippen LogP contribution in [0.15, 0.2) is 42.7 Å². The van der Waals surface area contributed by atoms with E-state index in [0.29, 0.717) is 13.2 Å². The molecule has 2 aromatic rings. The maximum atomic E-state index is 13.5. The molecule has 1 amide bonds. The average molecular weight is 336 g/mol. The fourth-order valence-corrected chi connectivity index (χ4v) is 2.06. The number of halogens is 2. The van der Waals surface area contributed by atoms with Crippen LogP contribution in [0.5, 0.6) is 5.75 Å². The maximum Gasteiger partial charge on any atom is 0.255 e. The van der Waals surface area contributed by atoms with Crippen LogP contribution in [0.4, 0.5) is 8.78 Å². The molecule has 0 atom stereocenters. The molecule has 1 aromatic heterocycles. The van der Waals surface area contributed by atoms with E-state index < -0.39 is 17.5 Å². The molecule has 0 bridgehead atoms. The molecule has 0 fully saturated rings. The predicted octanol–water partition coefficient (Wildman–Crippen LogP) is 2.53. The van der Waals surface area contributed by atoms with Gasteiger partial charge in [0.05, 0.1) is 24.9 Å². The lowest BCUT2D eigenvalue weighted by Crippen LogP contribution is -2.37. The van der Waals surface area contributed by atoms with Gasteiger partial charge in [-0.25, -0.2) is 8.78 Å². The van der Waals surface area contributed by atoms with E-state index in [2.05, 4.69) is 4.98 Å². The van der Waals surface area contributed by atoms with Crippen LogP contribution in [0, 0.1) is 11.6 Å². The van der Waals surface area contributed by atoms with Gasteiger partial charge in [-0.2, -0.15) is 0 Å². The molecule has 24 heavy (non-hydrogen) atoms. The van der Waals surface area contributed by atoms with Gasteiger partial charge in [0, 0.05) is 19.9 Å². The Labute approximate surface area is 138 Å².